The van der Waals surface area contributed by atoms with E-state index in [1.165, 1.54) is 6.42 Å². The summed E-state index contributed by atoms with van der Waals surface area (Å²) in [6.07, 6.45) is 9.21. The Hall–Kier alpha value is -3.81. The molecular formula is C32H31ClN4O3. The minimum absolute atomic E-state index is 0.0920. The number of fused-ring (bicyclic) bond motifs is 1. The van der Waals surface area contributed by atoms with E-state index < -0.39 is 6.04 Å². The van der Waals surface area contributed by atoms with Gasteiger partial charge in [0.25, 0.3) is 11.8 Å². The number of ether oxygens (including phenoxy) is 1. The Bertz CT molecular complexity index is 1480. The number of methoxy groups -OCH3 is 1. The molecule has 3 heterocycles. The van der Waals surface area contributed by atoms with Gasteiger partial charge in [-0.2, -0.15) is 5.10 Å². The van der Waals surface area contributed by atoms with Gasteiger partial charge < -0.3 is 4.74 Å². The topological polar surface area (TPSA) is 74.6 Å². The Kier molecular flexibility index (Phi) is 7.50. The number of halogens is 1. The van der Waals surface area contributed by atoms with E-state index in [-0.39, 0.29) is 24.3 Å². The van der Waals surface area contributed by atoms with Gasteiger partial charge >= 0.3 is 0 Å². The summed E-state index contributed by atoms with van der Waals surface area (Å²) in [5.74, 6) is -0.0628. The maximum Gasteiger partial charge on any atom is 0.279 e. The molecule has 0 bridgehead atoms. The predicted molar refractivity (Wildman–Crippen MR) is 157 cm³/mol. The molecule has 2 amide bonds. The molecule has 4 aliphatic rings. The summed E-state index contributed by atoms with van der Waals surface area (Å²) < 4.78 is 5.68. The van der Waals surface area contributed by atoms with Crippen molar-refractivity contribution >= 4 is 40.4 Å². The van der Waals surface area contributed by atoms with E-state index in [0.29, 0.717) is 34.2 Å². The van der Waals surface area contributed by atoms with Crippen LogP contribution in [0.25, 0.3) is 5.57 Å². The molecule has 1 saturated heterocycles. The Morgan fingerprint density at radius 2 is 1.77 bits per heavy atom. The smallest absolute Gasteiger partial charge is 0.279 e. The molecule has 0 N–H and O–H groups in total. The highest BCUT2D eigenvalue weighted by molar-refractivity contribution is 6.36. The number of nitrogens with zero attached hydrogens (tertiary/aromatic N) is 4. The molecular weight excluding hydrogens is 524 g/mol. The number of hydrogen-bond acceptors (Lipinski definition) is 5. The lowest BCUT2D eigenvalue weighted by Crippen LogP contribution is -2.40. The Morgan fingerprint density at radius 3 is 2.55 bits per heavy atom. The van der Waals surface area contributed by atoms with Crippen molar-refractivity contribution in [2.45, 2.75) is 31.7 Å². The van der Waals surface area contributed by atoms with Gasteiger partial charge in [0.15, 0.2) is 0 Å². The molecule has 2 aromatic rings. The average Bonchev–Trinajstić information content (AvgIpc) is 3.42. The zero-order chi connectivity index (χ0) is 27.6. The number of amides is 2. The van der Waals surface area contributed by atoms with Crippen LogP contribution in [0, 0.1) is 5.92 Å². The molecule has 3 aliphatic heterocycles. The van der Waals surface area contributed by atoms with Crippen LogP contribution in [-0.4, -0.2) is 59.9 Å². The van der Waals surface area contributed by atoms with Gasteiger partial charge in [0.05, 0.1) is 36.7 Å². The molecule has 204 valence electrons. The Balaban J connectivity index is 1.46. The van der Waals surface area contributed by atoms with Crippen molar-refractivity contribution < 1.29 is 14.3 Å². The van der Waals surface area contributed by atoms with Gasteiger partial charge in [0, 0.05) is 22.9 Å². The first-order valence-electron chi connectivity index (χ1n) is 13.8. The van der Waals surface area contributed by atoms with E-state index in [1.54, 1.807) is 24.3 Å². The quantitative estimate of drug-likeness (QED) is 0.469. The maximum absolute atomic E-state index is 13.8. The van der Waals surface area contributed by atoms with Crippen LogP contribution in [0.3, 0.4) is 0 Å². The van der Waals surface area contributed by atoms with Crippen LogP contribution in [0.1, 0.15) is 42.9 Å². The molecule has 40 heavy (non-hydrogen) atoms. The van der Waals surface area contributed by atoms with Crippen LogP contribution in [0.4, 0.5) is 0 Å². The van der Waals surface area contributed by atoms with Crippen LogP contribution >= 0.6 is 11.6 Å². The van der Waals surface area contributed by atoms with Crippen molar-refractivity contribution in [1.29, 1.82) is 0 Å². The molecule has 2 unspecified atom stereocenters. The van der Waals surface area contributed by atoms with Gasteiger partial charge in [-0.15, -0.1) is 0 Å². The zero-order valence-electron chi connectivity index (χ0n) is 22.4. The summed E-state index contributed by atoms with van der Waals surface area (Å²) in [7, 11) is 1.62. The number of piperidine rings is 1. The van der Waals surface area contributed by atoms with E-state index in [4.69, 9.17) is 21.4 Å². The number of hydrogen-bond donors (Lipinski definition) is 0. The van der Waals surface area contributed by atoms with E-state index in [2.05, 4.69) is 9.89 Å². The molecule has 0 radical (unpaired) electrons. The third-order valence-corrected chi connectivity index (χ3v) is 8.18. The summed E-state index contributed by atoms with van der Waals surface area (Å²) in [5.41, 5.74) is 4.19. The monoisotopic (exact) mass is 554 g/mol. The van der Waals surface area contributed by atoms with Crippen molar-refractivity contribution in [3.63, 3.8) is 0 Å². The summed E-state index contributed by atoms with van der Waals surface area (Å²) in [6.45, 7) is 2.09. The molecule has 0 aromatic heterocycles. The van der Waals surface area contributed by atoms with Crippen molar-refractivity contribution in [3.8, 4) is 5.75 Å². The molecule has 1 fully saturated rings. The first-order chi connectivity index (χ1) is 19.5. The Labute approximate surface area is 239 Å². The van der Waals surface area contributed by atoms with Gasteiger partial charge in [0.2, 0.25) is 0 Å². The van der Waals surface area contributed by atoms with Crippen molar-refractivity contribution in [2.75, 3.05) is 26.7 Å². The highest BCUT2D eigenvalue weighted by Gasteiger charge is 2.41. The number of dihydropyridines is 1. The molecule has 1 aliphatic carbocycles. The number of likely N-dealkylation sites (tertiary alicyclic amines) is 1. The average molecular weight is 555 g/mol. The number of carbonyl (C=O) groups is 2. The van der Waals surface area contributed by atoms with Gasteiger partial charge in [-0.25, -0.2) is 10.0 Å². The number of carbonyl (C=O) groups excluding carboxylic acids is 2. The Morgan fingerprint density at radius 1 is 1.02 bits per heavy atom. The van der Waals surface area contributed by atoms with Gasteiger partial charge in [-0.3, -0.25) is 14.5 Å². The highest BCUT2D eigenvalue weighted by atomic mass is 35.5. The van der Waals surface area contributed by atoms with Crippen LogP contribution in [-0.2, 0) is 9.59 Å². The fourth-order valence-corrected chi connectivity index (χ4v) is 6.22. The van der Waals surface area contributed by atoms with Crippen molar-refractivity contribution in [1.82, 2.24) is 9.91 Å². The van der Waals surface area contributed by atoms with E-state index in [1.807, 2.05) is 60.7 Å². The molecule has 0 saturated carbocycles. The van der Waals surface area contributed by atoms with Gasteiger partial charge in [0.1, 0.15) is 5.75 Å². The second-order valence-electron chi connectivity index (χ2n) is 10.4. The summed E-state index contributed by atoms with van der Waals surface area (Å²) in [5, 5.41) is 7.04. The van der Waals surface area contributed by atoms with E-state index in [9.17, 15) is 9.59 Å². The SMILES string of the molecule is COc1ccccc1C1CC(C2=C(c3ccccc3)C3C=C(Cl)C=CC3=NC2=O)=NN1C(=O)CN1CCCCC1. The fourth-order valence-electron chi connectivity index (χ4n) is 6.03. The largest absolute Gasteiger partial charge is 0.496 e. The van der Waals surface area contributed by atoms with Crippen molar-refractivity contribution in [2.24, 2.45) is 16.0 Å². The van der Waals surface area contributed by atoms with Gasteiger partial charge in [-0.1, -0.05) is 72.6 Å². The maximum atomic E-state index is 13.8. The number of benzene rings is 2. The second-order valence-corrected chi connectivity index (χ2v) is 10.9. The minimum Gasteiger partial charge on any atom is -0.496 e. The number of rotatable bonds is 6. The van der Waals surface area contributed by atoms with Crippen LogP contribution in [0.15, 0.2) is 93.5 Å². The molecule has 2 atom stereocenters. The summed E-state index contributed by atoms with van der Waals surface area (Å²) >= 11 is 6.44. The van der Waals surface area contributed by atoms with E-state index >= 15 is 0 Å². The molecule has 0 spiro atoms. The molecule has 2 aromatic carbocycles. The van der Waals surface area contributed by atoms with Crippen molar-refractivity contribution in [3.05, 3.63) is 94.6 Å². The number of para-hydroxylation sites is 1. The molecule has 7 nitrogen and oxygen atoms in total. The highest BCUT2D eigenvalue weighted by Crippen LogP contribution is 2.42. The number of aliphatic imine (C=N–C) groups is 1. The lowest BCUT2D eigenvalue weighted by molar-refractivity contribution is -0.134. The first kappa shape index (κ1) is 26.4. The van der Waals surface area contributed by atoms with Gasteiger partial charge in [-0.05, 0) is 55.3 Å². The van der Waals surface area contributed by atoms with Crippen LogP contribution in [0.5, 0.6) is 5.75 Å². The predicted octanol–water partition coefficient (Wildman–Crippen LogP) is 5.55. The third kappa shape index (κ3) is 5.07. The standard InChI is InChI=1S/C32H31ClN4O3/c1-40-28-13-7-6-12-23(28)27-19-26(35-37(27)29(38)20-36-16-8-3-9-17-36)31-30(21-10-4-2-5-11-21)24-18-22(33)14-15-25(24)34-32(31)39/h2,4-7,10-15,18,24,27H,3,8-9,16-17,19-20H2,1H3. The number of hydrazone groups is 1. The van der Waals surface area contributed by atoms with Crippen LogP contribution in [0.2, 0.25) is 0 Å². The van der Waals surface area contributed by atoms with Crippen LogP contribution < -0.4 is 4.74 Å². The lowest BCUT2D eigenvalue weighted by Gasteiger charge is -2.29. The lowest BCUT2D eigenvalue weighted by atomic mass is 9.79. The fraction of sp³-hybridized carbons (Fsp3) is 0.312. The normalized spacial score (nSPS) is 23.0. The summed E-state index contributed by atoms with van der Waals surface area (Å²) in [4.78, 5) is 34.2. The minimum atomic E-state index is -0.406. The first-order valence-corrected chi connectivity index (χ1v) is 14.1. The molecule has 8 heteroatoms. The third-order valence-electron chi connectivity index (χ3n) is 7.93. The summed E-state index contributed by atoms with van der Waals surface area (Å²) in [6, 6.07) is 17.1. The second kappa shape index (κ2) is 11.4. The number of allylic oxidation sites excluding steroid dienone is 5. The molecule has 6 rings (SSSR count). The zero-order valence-corrected chi connectivity index (χ0v) is 23.2. The van der Waals surface area contributed by atoms with E-state index in [0.717, 1.165) is 42.6 Å².